The van der Waals surface area contributed by atoms with E-state index in [1.165, 1.54) is 0 Å². The maximum absolute atomic E-state index is 6.17. The Balaban J connectivity index is 2.39. The van der Waals surface area contributed by atoms with Crippen LogP contribution in [0, 0.1) is 0 Å². The summed E-state index contributed by atoms with van der Waals surface area (Å²) < 4.78 is 1.05. The van der Waals surface area contributed by atoms with Crippen molar-refractivity contribution < 1.29 is 0 Å². The quantitative estimate of drug-likeness (QED) is 0.529. The van der Waals surface area contributed by atoms with Crippen LogP contribution >= 0.6 is 55.1 Å². The second-order valence-corrected chi connectivity index (χ2v) is 6.25. The molecule has 2 rings (SSSR count). The Morgan fingerprint density at radius 3 is 2.24 bits per heavy atom. The van der Waals surface area contributed by atoms with E-state index in [4.69, 9.17) is 23.2 Å². The second kappa shape index (κ2) is 5.75. The number of halogens is 4. The summed E-state index contributed by atoms with van der Waals surface area (Å²) in [6.45, 7) is 0. The molecule has 0 aliphatic rings. The minimum Gasteiger partial charge on any atom is -0.0843 e. The Hall–Kier alpha value is -0.0200. The fourth-order valence-electron chi connectivity index (χ4n) is 1.52. The first-order chi connectivity index (χ1) is 8.08. The predicted molar refractivity (Wildman–Crippen MR) is 81.4 cm³/mol. The molecule has 0 saturated carbocycles. The van der Waals surface area contributed by atoms with Gasteiger partial charge in [0.15, 0.2) is 0 Å². The molecule has 0 bridgehead atoms. The van der Waals surface area contributed by atoms with E-state index in [2.05, 4.69) is 31.9 Å². The van der Waals surface area contributed by atoms with Crippen LogP contribution in [0.2, 0.25) is 10.0 Å². The SMILES string of the molecule is Clc1ccc(Cl)c(C(Br)c2ccc(Br)cc2)c1. The molecule has 1 unspecified atom stereocenters. The average Bonchev–Trinajstić information content (AvgIpc) is 2.32. The first kappa shape index (κ1) is 13.4. The summed E-state index contributed by atoms with van der Waals surface area (Å²) in [6, 6.07) is 13.6. The number of hydrogen-bond acceptors (Lipinski definition) is 0. The topological polar surface area (TPSA) is 0 Å². The van der Waals surface area contributed by atoms with Gasteiger partial charge in [0.25, 0.3) is 0 Å². The number of benzene rings is 2. The summed E-state index contributed by atoms with van der Waals surface area (Å²) in [6.07, 6.45) is 0. The molecular formula is C13H8Br2Cl2. The molecule has 0 fully saturated rings. The molecule has 0 aliphatic heterocycles. The maximum atomic E-state index is 6.17. The standard InChI is InChI=1S/C13H8Br2Cl2/c14-9-3-1-8(2-4-9)13(15)11-7-10(16)5-6-12(11)17/h1-7,13H. The van der Waals surface area contributed by atoms with Crippen molar-refractivity contribution in [2.24, 2.45) is 0 Å². The van der Waals surface area contributed by atoms with Crippen LogP contribution in [0.15, 0.2) is 46.9 Å². The van der Waals surface area contributed by atoms with E-state index in [1.807, 2.05) is 36.4 Å². The van der Waals surface area contributed by atoms with Crippen molar-refractivity contribution in [2.75, 3.05) is 0 Å². The van der Waals surface area contributed by atoms with Crippen LogP contribution < -0.4 is 0 Å². The molecule has 2 aromatic carbocycles. The van der Waals surface area contributed by atoms with Crippen molar-refractivity contribution in [3.8, 4) is 0 Å². The minimum absolute atomic E-state index is 0.0433. The molecular weight excluding hydrogens is 387 g/mol. The molecule has 17 heavy (non-hydrogen) atoms. The highest BCUT2D eigenvalue weighted by Crippen LogP contribution is 2.36. The third kappa shape index (κ3) is 3.25. The van der Waals surface area contributed by atoms with Gasteiger partial charge in [-0.1, -0.05) is 67.2 Å². The van der Waals surface area contributed by atoms with E-state index in [1.54, 1.807) is 6.07 Å². The van der Waals surface area contributed by atoms with Crippen LogP contribution in [0.5, 0.6) is 0 Å². The van der Waals surface area contributed by atoms with Crippen LogP contribution in [0.4, 0.5) is 0 Å². The van der Waals surface area contributed by atoms with Gasteiger partial charge in [0.05, 0.1) is 4.83 Å². The molecule has 0 radical (unpaired) electrons. The molecule has 0 N–H and O–H groups in total. The van der Waals surface area contributed by atoms with E-state index in [9.17, 15) is 0 Å². The zero-order chi connectivity index (χ0) is 12.4. The first-order valence-electron chi connectivity index (χ1n) is 4.92. The molecule has 0 aliphatic carbocycles. The maximum Gasteiger partial charge on any atom is 0.0659 e. The smallest absolute Gasteiger partial charge is 0.0659 e. The highest BCUT2D eigenvalue weighted by molar-refractivity contribution is 9.10. The third-order valence-corrected chi connectivity index (χ3v) is 4.52. The molecule has 0 spiro atoms. The summed E-state index contributed by atoms with van der Waals surface area (Å²) >= 11 is 19.2. The summed E-state index contributed by atoms with van der Waals surface area (Å²) in [5, 5.41) is 1.39. The van der Waals surface area contributed by atoms with Crippen LogP contribution in [-0.4, -0.2) is 0 Å². The Labute approximate surface area is 127 Å². The average molecular weight is 395 g/mol. The number of alkyl halides is 1. The van der Waals surface area contributed by atoms with Crippen LogP contribution in [0.25, 0.3) is 0 Å². The van der Waals surface area contributed by atoms with Crippen molar-refractivity contribution >= 4 is 55.1 Å². The van der Waals surface area contributed by atoms with Gasteiger partial charge in [-0.2, -0.15) is 0 Å². The van der Waals surface area contributed by atoms with Crippen molar-refractivity contribution in [3.05, 3.63) is 68.1 Å². The van der Waals surface area contributed by atoms with Crippen molar-refractivity contribution in [2.45, 2.75) is 4.83 Å². The zero-order valence-corrected chi connectivity index (χ0v) is 13.3. The van der Waals surface area contributed by atoms with Gasteiger partial charge in [0.1, 0.15) is 0 Å². The Kier molecular flexibility index (Phi) is 4.53. The van der Waals surface area contributed by atoms with Crippen LogP contribution in [-0.2, 0) is 0 Å². The summed E-state index contributed by atoms with van der Waals surface area (Å²) in [7, 11) is 0. The van der Waals surface area contributed by atoms with Crippen LogP contribution in [0.3, 0.4) is 0 Å². The number of rotatable bonds is 2. The van der Waals surface area contributed by atoms with Crippen molar-refractivity contribution in [1.29, 1.82) is 0 Å². The second-order valence-electron chi connectivity index (χ2n) is 3.58. The molecule has 0 saturated heterocycles. The largest absolute Gasteiger partial charge is 0.0843 e. The molecule has 0 aromatic heterocycles. The lowest BCUT2D eigenvalue weighted by molar-refractivity contribution is 1.18. The lowest BCUT2D eigenvalue weighted by Crippen LogP contribution is -1.93. The molecule has 0 amide bonds. The predicted octanol–water partition coefficient (Wildman–Crippen LogP) is 6.24. The van der Waals surface area contributed by atoms with Gasteiger partial charge in [-0.05, 0) is 41.5 Å². The van der Waals surface area contributed by atoms with E-state index in [-0.39, 0.29) is 4.83 Å². The molecule has 0 heterocycles. The third-order valence-electron chi connectivity index (χ3n) is 2.39. The lowest BCUT2D eigenvalue weighted by atomic mass is 10.1. The van der Waals surface area contributed by atoms with E-state index >= 15 is 0 Å². The fourth-order valence-corrected chi connectivity index (χ4v) is 3.01. The van der Waals surface area contributed by atoms with E-state index in [0.717, 1.165) is 15.6 Å². The highest BCUT2D eigenvalue weighted by Gasteiger charge is 2.14. The Morgan fingerprint density at radius 1 is 0.941 bits per heavy atom. The van der Waals surface area contributed by atoms with Crippen molar-refractivity contribution in [3.63, 3.8) is 0 Å². The van der Waals surface area contributed by atoms with Gasteiger partial charge in [-0.15, -0.1) is 0 Å². The summed E-state index contributed by atoms with van der Waals surface area (Å²) in [4.78, 5) is 0.0433. The molecule has 2 aromatic rings. The van der Waals surface area contributed by atoms with Gasteiger partial charge in [0.2, 0.25) is 0 Å². The number of hydrogen-bond donors (Lipinski definition) is 0. The minimum atomic E-state index is 0.0433. The normalized spacial score (nSPS) is 12.5. The fraction of sp³-hybridized carbons (Fsp3) is 0.0769. The van der Waals surface area contributed by atoms with Gasteiger partial charge in [-0.3, -0.25) is 0 Å². The van der Waals surface area contributed by atoms with Gasteiger partial charge in [0, 0.05) is 14.5 Å². The lowest BCUT2D eigenvalue weighted by Gasteiger charge is -2.13. The zero-order valence-electron chi connectivity index (χ0n) is 8.63. The van der Waals surface area contributed by atoms with E-state index in [0.29, 0.717) is 10.0 Å². The van der Waals surface area contributed by atoms with Gasteiger partial charge in [-0.25, -0.2) is 0 Å². The molecule has 4 heteroatoms. The Bertz CT molecular complexity index is 523. The summed E-state index contributed by atoms with van der Waals surface area (Å²) in [5.74, 6) is 0. The summed E-state index contributed by atoms with van der Waals surface area (Å²) in [5.41, 5.74) is 2.11. The molecule has 88 valence electrons. The van der Waals surface area contributed by atoms with Crippen molar-refractivity contribution in [1.82, 2.24) is 0 Å². The molecule has 1 atom stereocenters. The van der Waals surface area contributed by atoms with Gasteiger partial charge >= 0.3 is 0 Å². The monoisotopic (exact) mass is 392 g/mol. The van der Waals surface area contributed by atoms with Crippen LogP contribution in [0.1, 0.15) is 16.0 Å². The Morgan fingerprint density at radius 2 is 1.59 bits per heavy atom. The highest BCUT2D eigenvalue weighted by atomic mass is 79.9. The molecule has 0 nitrogen and oxygen atoms in total. The first-order valence-corrected chi connectivity index (χ1v) is 7.39. The van der Waals surface area contributed by atoms with Gasteiger partial charge < -0.3 is 0 Å². The van der Waals surface area contributed by atoms with E-state index < -0.39 is 0 Å².